The summed E-state index contributed by atoms with van der Waals surface area (Å²) in [6.07, 6.45) is 5.47. The number of fused-ring (bicyclic) bond motifs is 1. The van der Waals surface area contributed by atoms with Gasteiger partial charge in [-0.2, -0.15) is 0 Å². The molecular weight excluding hydrogens is 372 g/mol. The van der Waals surface area contributed by atoms with Crippen LogP contribution >= 0.6 is 0 Å². The molecule has 0 unspecified atom stereocenters. The molecule has 1 atom stereocenters. The minimum Gasteiger partial charge on any atom is -0.335 e. The highest BCUT2D eigenvalue weighted by molar-refractivity contribution is 6.21. The van der Waals surface area contributed by atoms with Crippen molar-refractivity contribution >= 4 is 29.4 Å². The summed E-state index contributed by atoms with van der Waals surface area (Å²) in [5.41, 5.74) is 0.966. The van der Waals surface area contributed by atoms with Crippen molar-refractivity contribution in [3.63, 3.8) is 0 Å². The number of piperazine rings is 1. The lowest BCUT2D eigenvalue weighted by molar-refractivity contribution is -0.120. The number of rotatable bonds is 3. The van der Waals surface area contributed by atoms with Gasteiger partial charge in [0.1, 0.15) is 6.04 Å². The second-order valence-electron chi connectivity index (χ2n) is 8.00. The van der Waals surface area contributed by atoms with E-state index in [4.69, 9.17) is 0 Å². The van der Waals surface area contributed by atoms with Crippen LogP contribution in [0.15, 0.2) is 24.3 Å². The fourth-order valence-corrected chi connectivity index (χ4v) is 4.38. The van der Waals surface area contributed by atoms with Gasteiger partial charge >= 0.3 is 12.1 Å². The van der Waals surface area contributed by atoms with Gasteiger partial charge in [-0.3, -0.25) is 9.59 Å². The highest BCUT2D eigenvalue weighted by atomic mass is 16.2. The molecule has 8 nitrogen and oxygen atoms in total. The molecule has 154 valence electrons. The maximum atomic E-state index is 13.0. The van der Waals surface area contributed by atoms with Gasteiger partial charge in [0.15, 0.2) is 5.78 Å². The summed E-state index contributed by atoms with van der Waals surface area (Å²) in [5.74, 6) is -0.409. The van der Waals surface area contributed by atoms with Gasteiger partial charge in [-0.1, -0.05) is 19.3 Å². The zero-order chi connectivity index (χ0) is 20.5. The summed E-state index contributed by atoms with van der Waals surface area (Å²) in [7, 11) is 0. The summed E-state index contributed by atoms with van der Waals surface area (Å²) in [6, 6.07) is 5.45. The SMILES string of the molecule is CC(=O)c1ccc(N2C(=O)[C@@H]3CN(C(=O)NC4CCCCC4)CCN3C2=O)cc1. The smallest absolute Gasteiger partial charge is 0.332 e. The van der Waals surface area contributed by atoms with Crippen molar-refractivity contribution in [2.75, 3.05) is 24.5 Å². The first kappa shape index (κ1) is 19.4. The number of hydrogen-bond donors (Lipinski definition) is 1. The molecule has 4 rings (SSSR count). The van der Waals surface area contributed by atoms with Crippen LogP contribution in [0.2, 0.25) is 0 Å². The van der Waals surface area contributed by atoms with Crippen LogP contribution in [0.1, 0.15) is 49.4 Å². The number of amides is 5. The Balaban J connectivity index is 1.44. The Morgan fingerprint density at radius 3 is 2.34 bits per heavy atom. The summed E-state index contributed by atoms with van der Waals surface area (Å²) in [4.78, 5) is 54.2. The monoisotopic (exact) mass is 398 g/mol. The number of hydrogen-bond acceptors (Lipinski definition) is 4. The molecule has 3 aliphatic rings. The molecule has 3 fully saturated rings. The van der Waals surface area contributed by atoms with Gasteiger partial charge < -0.3 is 15.1 Å². The molecule has 2 aliphatic heterocycles. The summed E-state index contributed by atoms with van der Waals surface area (Å²) < 4.78 is 0. The van der Waals surface area contributed by atoms with Gasteiger partial charge in [-0.25, -0.2) is 14.5 Å². The highest BCUT2D eigenvalue weighted by Gasteiger charge is 2.49. The average molecular weight is 398 g/mol. The number of anilines is 1. The van der Waals surface area contributed by atoms with E-state index in [1.54, 1.807) is 29.2 Å². The van der Waals surface area contributed by atoms with E-state index in [0.717, 1.165) is 30.6 Å². The first-order chi connectivity index (χ1) is 14.0. The Hall–Kier alpha value is -2.90. The number of carbonyl (C=O) groups is 4. The summed E-state index contributed by atoms with van der Waals surface area (Å²) in [5, 5.41) is 3.08. The van der Waals surface area contributed by atoms with Crippen LogP contribution in [-0.4, -0.2) is 65.3 Å². The fraction of sp³-hybridized carbons (Fsp3) is 0.524. The van der Waals surface area contributed by atoms with E-state index in [1.807, 2.05) is 0 Å². The van der Waals surface area contributed by atoms with Gasteiger partial charge in [0, 0.05) is 24.7 Å². The number of ketones is 1. The Bertz CT molecular complexity index is 832. The van der Waals surface area contributed by atoms with E-state index in [9.17, 15) is 19.2 Å². The largest absolute Gasteiger partial charge is 0.335 e. The molecule has 1 saturated carbocycles. The Kier molecular flexibility index (Phi) is 5.25. The molecule has 8 heteroatoms. The minimum absolute atomic E-state index is 0.0762. The molecule has 0 radical (unpaired) electrons. The van der Waals surface area contributed by atoms with Crippen LogP contribution in [0.3, 0.4) is 0 Å². The number of Topliss-reactive ketones (excluding diaryl/α,β-unsaturated/α-hetero) is 1. The minimum atomic E-state index is -0.666. The van der Waals surface area contributed by atoms with E-state index in [-0.39, 0.29) is 36.3 Å². The lowest BCUT2D eigenvalue weighted by Gasteiger charge is -2.36. The van der Waals surface area contributed by atoms with Gasteiger partial charge in [0.2, 0.25) is 0 Å². The number of carbonyl (C=O) groups excluding carboxylic acids is 4. The van der Waals surface area contributed by atoms with Gasteiger partial charge in [0.05, 0.1) is 12.2 Å². The molecule has 1 aromatic rings. The maximum Gasteiger partial charge on any atom is 0.332 e. The number of benzene rings is 1. The number of nitrogens with one attached hydrogen (secondary N) is 1. The van der Waals surface area contributed by atoms with Crippen molar-refractivity contribution in [1.29, 1.82) is 0 Å². The first-order valence-electron chi connectivity index (χ1n) is 10.3. The van der Waals surface area contributed by atoms with E-state index in [0.29, 0.717) is 24.3 Å². The lowest BCUT2D eigenvalue weighted by atomic mass is 9.96. The van der Waals surface area contributed by atoms with Crippen LogP contribution in [0.5, 0.6) is 0 Å². The molecule has 0 bridgehead atoms. The Labute approximate surface area is 169 Å². The molecule has 2 saturated heterocycles. The van der Waals surface area contributed by atoms with Crippen LogP contribution in [0, 0.1) is 0 Å². The van der Waals surface area contributed by atoms with Crippen LogP contribution < -0.4 is 10.2 Å². The molecule has 5 amide bonds. The predicted molar refractivity (Wildman–Crippen MR) is 107 cm³/mol. The normalized spacial score (nSPS) is 22.7. The average Bonchev–Trinajstić information content (AvgIpc) is 2.98. The maximum absolute atomic E-state index is 13.0. The third-order valence-corrected chi connectivity index (χ3v) is 6.07. The van der Waals surface area contributed by atoms with Crippen LogP contribution in [-0.2, 0) is 4.79 Å². The molecular formula is C21H26N4O4. The summed E-state index contributed by atoms with van der Waals surface area (Å²) in [6.45, 7) is 2.40. The van der Waals surface area contributed by atoms with Crippen molar-refractivity contribution in [2.24, 2.45) is 0 Å². The Morgan fingerprint density at radius 2 is 1.69 bits per heavy atom. The second kappa shape index (κ2) is 7.85. The summed E-state index contributed by atoms with van der Waals surface area (Å²) >= 11 is 0. The van der Waals surface area contributed by atoms with Gasteiger partial charge in [-0.05, 0) is 44.0 Å². The first-order valence-corrected chi connectivity index (χ1v) is 10.3. The second-order valence-corrected chi connectivity index (χ2v) is 8.00. The number of nitrogens with zero attached hydrogens (tertiary/aromatic N) is 3. The third kappa shape index (κ3) is 3.71. The van der Waals surface area contributed by atoms with E-state index < -0.39 is 6.04 Å². The highest BCUT2D eigenvalue weighted by Crippen LogP contribution is 2.28. The van der Waals surface area contributed by atoms with Crippen molar-refractivity contribution < 1.29 is 19.2 Å². The van der Waals surface area contributed by atoms with Gasteiger partial charge in [0.25, 0.3) is 5.91 Å². The van der Waals surface area contributed by atoms with Gasteiger partial charge in [-0.15, -0.1) is 0 Å². The van der Waals surface area contributed by atoms with Crippen molar-refractivity contribution in [1.82, 2.24) is 15.1 Å². The van der Waals surface area contributed by atoms with Crippen LogP contribution in [0.25, 0.3) is 0 Å². The molecule has 0 aromatic heterocycles. The zero-order valence-corrected chi connectivity index (χ0v) is 16.6. The zero-order valence-electron chi connectivity index (χ0n) is 16.6. The van der Waals surface area contributed by atoms with E-state index in [1.165, 1.54) is 18.2 Å². The standard InChI is InChI=1S/C21H26N4O4/c1-14(26)15-7-9-17(10-8-15)25-19(27)18-13-23(11-12-24(18)21(25)29)20(28)22-16-5-3-2-4-6-16/h7-10,16,18H,2-6,11-13H2,1H3,(H,22,28)/t18-/m0/s1. The predicted octanol–water partition coefficient (Wildman–Crippen LogP) is 2.38. The molecule has 1 aromatic carbocycles. The molecule has 1 N–H and O–H groups in total. The Morgan fingerprint density at radius 1 is 1.00 bits per heavy atom. The molecule has 0 spiro atoms. The lowest BCUT2D eigenvalue weighted by Crippen LogP contribution is -2.57. The van der Waals surface area contributed by atoms with E-state index in [2.05, 4.69) is 5.32 Å². The quantitative estimate of drug-likeness (QED) is 0.625. The topological polar surface area (TPSA) is 90.0 Å². The third-order valence-electron chi connectivity index (χ3n) is 6.07. The number of urea groups is 2. The molecule has 1 aliphatic carbocycles. The van der Waals surface area contributed by atoms with Crippen molar-refractivity contribution in [2.45, 2.75) is 51.1 Å². The van der Waals surface area contributed by atoms with Crippen molar-refractivity contribution in [3.8, 4) is 0 Å². The van der Waals surface area contributed by atoms with E-state index >= 15 is 0 Å². The molecule has 29 heavy (non-hydrogen) atoms. The van der Waals surface area contributed by atoms with Crippen molar-refractivity contribution in [3.05, 3.63) is 29.8 Å². The number of imide groups is 1. The molecule has 2 heterocycles. The fourth-order valence-electron chi connectivity index (χ4n) is 4.38. The van der Waals surface area contributed by atoms with Crippen LogP contribution in [0.4, 0.5) is 15.3 Å².